The van der Waals surface area contributed by atoms with Crippen LogP contribution in [0.25, 0.3) is 11.5 Å². The van der Waals surface area contributed by atoms with Crippen LogP contribution in [0.4, 0.5) is 0 Å². The van der Waals surface area contributed by atoms with Crippen molar-refractivity contribution >= 4 is 29.1 Å². The second kappa shape index (κ2) is 7.81. The average Bonchev–Trinajstić information content (AvgIpc) is 3.44. The van der Waals surface area contributed by atoms with E-state index in [0.29, 0.717) is 38.7 Å². The summed E-state index contributed by atoms with van der Waals surface area (Å²) in [6.07, 6.45) is 1.86. The van der Waals surface area contributed by atoms with E-state index >= 15 is 0 Å². The summed E-state index contributed by atoms with van der Waals surface area (Å²) in [5, 5.41) is 9.16. The molecule has 1 saturated carbocycles. The molecule has 0 radical (unpaired) electrons. The number of nitrogens with zero attached hydrogens (tertiary/aromatic N) is 3. The standard InChI is InChI=1S/C20H17Cl2N3O3/c1-27-17-9-6-12(21)10-15(17)20(26)25(13-7-8-13)11-18-23-24-19(28-18)14-4-2-3-5-16(14)22/h2-6,9-10,13H,7-8,11H2,1H3. The number of hydrogen-bond donors (Lipinski definition) is 0. The van der Waals surface area contributed by atoms with Crippen LogP contribution in [0.15, 0.2) is 46.9 Å². The predicted molar refractivity (Wildman–Crippen MR) is 106 cm³/mol. The Kier molecular flexibility index (Phi) is 5.24. The summed E-state index contributed by atoms with van der Waals surface area (Å²) in [7, 11) is 1.52. The summed E-state index contributed by atoms with van der Waals surface area (Å²) in [5.41, 5.74) is 1.07. The van der Waals surface area contributed by atoms with E-state index in [1.54, 1.807) is 35.2 Å². The van der Waals surface area contributed by atoms with Gasteiger partial charge in [0.15, 0.2) is 0 Å². The van der Waals surface area contributed by atoms with E-state index in [1.165, 1.54) is 7.11 Å². The van der Waals surface area contributed by atoms with Gasteiger partial charge in [0.2, 0.25) is 11.8 Å². The summed E-state index contributed by atoms with van der Waals surface area (Å²) in [4.78, 5) is 14.9. The number of methoxy groups -OCH3 is 1. The maximum atomic E-state index is 13.2. The van der Waals surface area contributed by atoms with Crippen molar-refractivity contribution in [2.75, 3.05) is 7.11 Å². The van der Waals surface area contributed by atoms with E-state index in [1.807, 2.05) is 12.1 Å². The van der Waals surface area contributed by atoms with E-state index in [2.05, 4.69) is 10.2 Å². The van der Waals surface area contributed by atoms with Crippen molar-refractivity contribution in [1.82, 2.24) is 15.1 Å². The smallest absolute Gasteiger partial charge is 0.258 e. The van der Waals surface area contributed by atoms with Gasteiger partial charge in [-0.05, 0) is 43.2 Å². The Morgan fingerprint density at radius 1 is 1.21 bits per heavy atom. The van der Waals surface area contributed by atoms with Crippen LogP contribution in [0, 0.1) is 0 Å². The minimum Gasteiger partial charge on any atom is -0.496 e. The first-order valence-corrected chi connectivity index (χ1v) is 9.54. The molecule has 1 heterocycles. The van der Waals surface area contributed by atoms with Crippen LogP contribution >= 0.6 is 23.2 Å². The maximum Gasteiger partial charge on any atom is 0.258 e. The molecule has 0 unspecified atom stereocenters. The normalized spacial score (nSPS) is 13.4. The fourth-order valence-corrected chi connectivity index (χ4v) is 3.35. The van der Waals surface area contributed by atoms with Crippen LogP contribution in [0.3, 0.4) is 0 Å². The number of carbonyl (C=O) groups is 1. The molecule has 2 aromatic carbocycles. The second-order valence-electron chi connectivity index (χ2n) is 6.49. The molecule has 1 aliphatic carbocycles. The molecule has 1 aliphatic rings. The van der Waals surface area contributed by atoms with Crippen molar-refractivity contribution in [1.29, 1.82) is 0 Å². The minimum absolute atomic E-state index is 0.131. The molecule has 0 atom stereocenters. The van der Waals surface area contributed by atoms with Crippen molar-refractivity contribution in [2.24, 2.45) is 0 Å². The highest BCUT2D eigenvalue weighted by Crippen LogP contribution is 2.33. The number of benzene rings is 2. The number of hydrogen-bond acceptors (Lipinski definition) is 5. The third-order valence-corrected chi connectivity index (χ3v) is 5.08. The number of aromatic nitrogens is 2. The van der Waals surface area contributed by atoms with E-state index in [9.17, 15) is 4.79 Å². The lowest BCUT2D eigenvalue weighted by molar-refractivity contribution is 0.0711. The zero-order chi connectivity index (χ0) is 19.7. The Morgan fingerprint density at radius 3 is 2.71 bits per heavy atom. The maximum absolute atomic E-state index is 13.2. The third-order valence-electron chi connectivity index (χ3n) is 4.52. The van der Waals surface area contributed by atoms with Crippen molar-refractivity contribution in [3.63, 3.8) is 0 Å². The highest BCUT2D eigenvalue weighted by Gasteiger charge is 2.35. The molecule has 4 rings (SSSR count). The highest BCUT2D eigenvalue weighted by atomic mass is 35.5. The van der Waals surface area contributed by atoms with Gasteiger partial charge in [-0.1, -0.05) is 35.3 Å². The van der Waals surface area contributed by atoms with E-state index in [-0.39, 0.29) is 18.5 Å². The monoisotopic (exact) mass is 417 g/mol. The number of ether oxygens (including phenoxy) is 1. The Labute approximate surface area is 172 Å². The zero-order valence-electron chi connectivity index (χ0n) is 15.1. The van der Waals surface area contributed by atoms with Crippen LogP contribution < -0.4 is 4.74 Å². The number of carbonyl (C=O) groups excluding carboxylic acids is 1. The highest BCUT2D eigenvalue weighted by molar-refractivity contribution is 6.33. The largest absolute Gasteiger partial charge is 0.496 e. The Morgan fingerprint density at radius 2 is 2.00 bits per heavy atom. The lowest BCUT2D eigenvalue weighted by Crippen LogP contribution is -2.33. The molecule has 1 amide bonds. The Balaban J connectivity index is 1.60. The second-order valence-corrected chi connectivity index (χ2v) is 7.33. The molecule has 28 heavy (non-hydrogen) atoms. The molecule has 0 bridgehead atoms. The molecule has 1 fully saturated rings. The van der Waals surface area contributed by atoms with E-state index in [4.69, 9.17) is 32.4 Å². The van der Waals surface area contributed by atoms with Crippen molar-refractivity contribution in [2.45, 2.75) is 25.4 Å². The van der Waals surface area contributed by atoms with Gasteiger partial charge in [0, 0.05) is 11.1 Å². The van der Waals surface area contributed by atoms with Crippen LogP contribution in [-0.4, -0.2) is 34.2 Å². The summed E-state index contributed by atoms with van der Waals surface area (Å²) < 4.78 is 11.1. The lowest BCUT2D eigenvalue weighted by atomic mass is 10.1. The van der Waals surface area contributed by atoms with Gasteiger partial charge in [0.05, 0.1) is 29.8 Å². The van der Waals surface area contributed by atoms with Gasteiger partial charge < -0.3 is 14.1 Å². The van der Waals surface area contributed by atoms with E-state index < -0.39 is 0 Å². The van der Waals surface area contributed by atoms with Crippen molar-refractivity contribution < 1.29 is 13.9 Å². The van der Waals surface area contributed by atoms with Crippen molar-refractivity contribution in [3.05, 3.63) is 64.0 Å². The molecular weight excluding hydrogens is 401 g/mol. The van der Waals surface area contributed by atoms with Crippen LogP contribution in [0.1, 0.15) is 29.1 Å². The molecular formula is C20H17Cl2N3O3. The molecule has 3 aromatic rings. The van der Waals surface area contributed by atoms with Crippen LogP contribution in [0.2, 0.25) is 10.0 Å². The third kappa shape index (κ3) is 3.84. The molecule has 0 spiro atoms. The molecule has 1 aromatic heterocycles. The van der Waals surface area contributed by atoms with Gasteiger partial charge in [0.1, 0.15) is 5.75 Å². The summed E-state index contributed by atoms with van der Waals surface area (Å²) in [6.45, 7) is 0.205. The molecule has 0 N–H and O–H groups in total. The van der Waals surface area contributed by atoms with Gasteiger partial charge in [-0.2, -0.15) is 0 Å². The molecule has 0 aliphatic heterocycles. The van der Waals surface area contributed by atoms with Gasteiger partial charge >= 0.3 is 0 Å². The minimum atomic E-state index is -0.181. The Bertz CT molecular complexity index is 1020. The van der Waals surface area contributed by atoms with Gasteiger partial charge in [-0.15, -0.1) is 10.2 Å². The fourth-order valence-electron chi connectivity index (χ4n) is 2.96. The molecule has 144 valence electrons. The van der Waals surface area contributed by atoms with Gasteiger partial charge in [-0.25, -0.2) is 0 Å². The van der Waals surface area contributed by atoms with Gasteiger partial charge in [0.25, 0.3) is 5.91 Å². The predicted octanol–water partition coefficient (Wildman–Crippen LogP) is 4.86. The number of halogens is 2. The number of amides is 1. The summed E-state index contributed by atoms with van der Waals surface area (Å²) >= 11 is 12.3. The van der Waals surface area contributed by atoms with Gasteiger partial charge in [-0.3, -0.25) is 4.79 Å². The SMILES string of the molecule is COc1ccc(Cl)cc1C(=O)N(Cc1nnc(-c2ccccc2Cl)o1)C1CC1. The van der Waals surface area contributed by atoms with Crippen molar-refractivity contribution in [3.8, 4) is 17.2 Å². The van der Waals surface area contributed by atoms with Crippen LogP contribution in [-0.2, 0) is 6.54 Å². The average molecular weight is 418 g/mol. The molecule has 6 nitrogen and oxygen atoms in total. The zero-order valence-corrected chi connectivity index (χ0v) is 16.6. The van der Waals surface area contributed by atoms with Crippen LogP contribution in [0.5, 0.6) is 5.75 Å². The molecule has 8 heteroatoms. The summed E-state index contributed by atoms with van der Waals surface area (Å²) in [5.74, 6) is 0.960. The Hall–Kier alpha value is -2.57. The van der Waals surface area contributed by atoms with E-state index in [0.717, 1.165) is 12.8 Å². The first-order chi connectivity index (χ1) is 13.6. The summed E-state index contributed by atoms with van der Waals surface area (Å²) in [6, 6.07) is 12.3. The molecule has 0 saturated heterocycles. The fraction of sp³-hybridized carbons (Fsp3) is 0.250. The first-order valence-electron chi connectivity index (χ1n) is 8.78. The first kappa shape index (κ1) is 18.8. The topological polar surface area (TPSA) is 68.5 Å². The number of rotatable bonds is 6. The lowest BCUT2D eigenvalue weighted by Gasteiger charge is -2.21. The quantitative estimate of drug-likeness (QED) is 0.572.